The van der Waals surface area contributed by atoms with Crippen LogP contribution in [0.3, 0.4) is 0 Å². The second-order valence-electron chi connectivity index (χ2n) is 8.04. The average molecular weight is 454 g/mol. The van der Waals surface area contributed by atoms with Crippen molar-refractivity contribution in [1.82, 2.24) is 25.9 Å². The maximum absolute atomic E-state index is 12.9. The molecule has 1 rings (SSSR count). The molecule has 0 aromatic carbocycles. The van der Waals surface area contributed by atoms with E-state index in [1.165, 1.54) is 19.4 Å². The van der Waals surface area contributed by atoms with Crippen molar-refractivity contribution in [2.24, 2.45) is 17.4 Å². The number of nitrogens with zero attached hydrogens (tertiary/aromatic N) is 1. The van der Waals surface area contributed by atoms with Gasteiger partial charge in [-0.2, -0.15) is 0 Å². The lowest BCUT2D eigenvalue weighted by molar-refractivity contribution is -0.142. The van der Waals surface area contributed by atoms with Crippen molar-refractivity contribution in [3.63, 3.8) is 0 Å². The van der Waals surface area contributed by atoms with Gasteiger partial charge in [0.25, 0.3) is 0 Å². The smallest absolute Gasteiger partial charge is 0.326 e. The van der Waals surface area contributed by atoms with Crippen LogP contribution in [-0.4, -0.2) is 69.5 Å². The second-order valence-corrected chi connectivity index (χ2v) is 8.04. The quantitative estimate of drug-likeness (QED) is 0.167. The average Bonchev–Trinajstić information content (AvgIpc) is 3.23. The van der Waals surface area contributed by atoms with Crippen LogP contribution in [0.1, 0.15) is 45.7 Å². The number of carbonyl (C=O) groups excluding carboxylic acids is 3. The first-order chi connectivity index (χ1) is 15.1. The lowest BCUT2D eigenvalue weighted by Gasteiger charge is -2.26. The van der Waals surface area contributed by atoms with Crippen LogP contribution in [0.25, 0.3) is 0 Å². The predicted octanol–water partition coefficient (Wildman–Crippen LogP) is -1.38. The zero-order chi connectivity index (χ0) is 24.3. The minimum atomic E-state index is -1.17. The Balaban J connectivity index is 2.98. The highest BCUT2D eigenvalue weighted by Crippen LogP contribution is 2.07. The molecule has 0 spiro atoms. The second kappa shape index (κ2) is 13.4. The van der Waals surface area contributed by atoms with E-state index in [0.29, 0.717) is 25.1 Å². The van der Waals surface area contributed by atoms with Crippen LogP contribution in [0, 0.1) is 5.92 Å². The lowest BCUT2D eigenvalue weighted by Crippen LogP contribution is -2.58. The predicted molar refractivity (Wildman–Crippen MR) is 117 cm³/mol. The van der Waals surface area contributed by atoms with E-state index in [-0.39, 0.29) is 18.8 Å². The maximum atomic E-state index is 12.9. The summed E-state index contributed by atoms with van der Waals surface area (Å²) < 4.78 is 0. The fraction of sp³-hybridized carbons (Fsp3) is 0.650. The molecule has 4 unspecified atom stereocenters. The number of hydrogen-bond donors (Lipinski definition) is 7. The molecule has 0 fully saturated rings. The third-order valence-electron chi connectivity index (χ3n) is 4.83. The van der Waals surface area contributed by atoms with Crippen molar-refractivity contribution >= 4 is 23.7 Å². The van der Waals surface area contributed by atoms with Gasteiger partial charge in [0.05, 0.1) is 12.4 Å². The van der Waals surface area contributed by atoms with Crippen LogP contribution in [0.4, 0.5) is 0 Å². The monoisotopic (exact) mass is 453 g/mol. The van der Waals surface area contributed by atoms with E-state index in [0.717, 1.165) is 0 Å². The third-order valence-corrected chi connectivity index (χ3v) is 4.83. The largest absolute Gasteiger partial charge is 0.480 e. The molecule has 0 saturated heterocycles. The van der Waals surface area contributed by atoms with Crippen molar-refractivity contribution in [3.05, 3.63) is 18.2 Å². The molecular formula is C20H35N7O5. The number of imidazole rings is 1. The zero-order valence-electron chi connectivity index (χ0n) is 18.8. The summed E-state index contributed by atoms with van der Waals surface area (Å²) in [5, 5.41) is 17.1. The number of nitrogens with one attached hydrogen (secondary N) is 4. The van der Waals surface area contributed by atoms with Crippen molar-refractivity contribution in [2.75, 3.05) is 6.54 Å². The van der Waals surface area contributed by atoms with Gasteiger partial charge in [-0.1, -0.05) is 13.8 Å². The molecule has 0 saturated carbocycles. The Kier molecular flexibility index (Phi) is 11.3. The number of carboxylic acids is 1. The van der Waals surface area contributed by atoms with E-state index in [1.54, 1.807) is 13.8 Å². The Morgan fingerprint density at radius 1 is 1.03 bits per heavy atom. The highest BCUT2D eigenvalue weighted by atomic mass is 16.4. The highest BCUT2D eigenvalue weighted by Gasteiger charge is 2.31. The number of aromatic amines is 1. The fourth-order valence-electron chi connectivity index (χ4n) is 2.93. The van der Waals surface area contributed by atoms with Gasteiger partial charge in [0.15, 0.2) is 0 Å². The molecule has 0 aliphatic rings. The van der Waals surface area contributed by atoms with Gasteiger partial charge in [-0.05, 0) is 38.6 Å². The molecule has 0 aliphatic heterocycles. The van der Waals surface area contributed by atoms with Crippen molar-refractivity contribution in [3.8, 4) is 0 Å². The van der Waals surface area contributed by atoms with Crippen molar-refractivity contribution < 1.29 is 24.3 Å². The molecule has 1 aromatic rings. The number of H-pyrrole nitrogens is 1. The van der Waals surface area contributed by atoms with E-state index in [9.17, 15) is 24.3 Å². The molecule has 180 valence electrons. The van der Waals surface area contributed by atoms with Crippen LogP contribution < -0.4 is 27.4 Å². The lowest BCUT2D eigenvalue weighted by atomic mass is 10.0. The molecular weight excluding hydrogens is 418 g/mol. The normalized spacial score (nSPS) is 14.8. The molecule has 0 radical (unpaired) electrons. The summed E-state index contributed by atoms with van der Waals surface area (Å²) in [5.74, 6) is -3.19. The molecule has 4 atom stereocenters. The number of amides is 3. The van der Waals surface area contributed by atoms with Gasteiger partial charge in [0.1, 0.15) is 18.1 Å². The first-order valence-corrected chi connectivity index (χ1v) is 10.6. The summed E-state index contributed by atoms with van der Waals surface area (Å²) in [6.07, 6.45) is 4.35. The molecule has 12 nitrogen and oxygen atoms in total. The number of rotatable bonds is 14. The fourth-order valence-corrected chi connectivity index (χ4v) is 2.93. The van der Waals surface area contributed by atoms with Crippen molar-refractivity contribution in [2.45, 2.75) is 70.6 Å². The number of nitrogens with two attached hydrogens (primary N) is 2. The molecule has 3 amide bonds. The molecule has 1 aromatic heterocycles. The number of unbranched alkanes of at least 4 members (excludes halogenated alkanes) is 1. The molecule has 12 heteroatoms. The van der Waals surface area contributed by atoms with E-state index < -0.39 is 47.9 Å². The van der Waals surface area contributed by atoms with Crippen LogP contribution in [0.15, 0.2) is 12.5 Å². The van der Waals surface area contributed by atoms with Gasteiger partial charge in [-0.3, -0.25) is 14.4 Å². The standard InChI is InChI=1S/C20H35N7O5/c1-11(2)16(27-17(28)12(3)22)19(30)26-15(8-13-9-23-10-24-13)18(29)25-14(20(31)32)6-4-5-7-21/h9-12,14-16H,4-8,21-22H2,1-3H3,(H,23,24)(H,25,29)(H,26,30)(H,27,28)(H,31,32). The number of carbonyl (C=O) groups is 4. The van der Waals surface area contributed by atoms with E-state index in [4.69, 9.17) is 11.5 Å². The molecule has 1 heterocycles. The van der Waals surface area contributed by atoms with Gasteiger partial charge >= 0.3 is 5.97 Å². The highest BCUT2D eigenvalue weighted by molar-refractivity contribution is 5.94. The number of aromatic nitrogens is 2. The molecule has 0 bridgehead atoms. The third kappa shape index (κ3) is 9.02. The minimum absolute atomic E-state index is 0.0543. The number of aliphatic carboxylic acids is 1. The van der Waals surface area contributed by atoms with Gasteiger partial charge in [0.2, 0.25) is 17.7 Å². The Hall–Kier alpha value is -2.99. The Morgan fingerprint density at radius 3 is 2.19 bits per heavy atom. The van der Waals surface area contributed by atoms with Gasteiger partial charge in [-0.25, -0.2) is 9.78 Å². The van der Waals surface area contributed by atoms with Crippen LogP contribution in [-0.2, 0) is 25.6 Å². The Bertz CT molecular complexity index is 752. The van der Waals surface area contributed by atoms with E-state index in [1.807, 2.05) is 0 Å². The zero-order valence-corrected chi connectivity index (χ0v) is 18.8. The summed E-state index contributed by atoms with van der Waals surface area (Å²) in [6.45, 7) is 5.40. The summed E-state index contributed by atoms with van der Waals surface area (Å²) in [5.41, 5.74) is 11.6. The summed E-state index contributed by atoms with van der Waals surface area (Å²) >= 11 is 0. The number of hydrogen-bond acceptors (Lipinski definition) is 7. The SMILES string of the molecule is CC(N)C(=O)NC(C(=O)NC(Cc1cnc[nH]1)C(=O)NC(CCCCN)C(=O)O)C(C)C. The molecule has 32 heavy (non-hydrogen) atoms. The van der Waals surface area contributed by atoms with Crippen LogP contribution in [0.2, 0.25) is 0 Å². The van der Waals surface area contributed by atoms with Crippen LogP contribution in [0.5, 0.6) is 0 Å². The maximum Gasteiger partial charge on any atom is 0.326 e. The van der Waals surface area contributed by atoms with E-state index >= 15 is 0 Å². The Morgan fingerprint density at radius 2 is 1.69 bits per heavy atom. The van der Waals surface area contributed by atoms with Crippen molar-refractivity contribution in [1.29, 1.82) is 0 Å². The van der Waals surface area contributed by atoms with Gasteiger partial charge < -0.3 is 37.5 Å². The first-order valence-electron chi connectivity index (χ1n) is 10.6. The topological polar surface area (TPSA) is 205 Å². The summed E-state index contributed by atoms with van der Waals surface area (Å²) in [7, 11) is 0. The summed E-state index contributed by atoms with van der Waals surface area (Å²) in [6, 6.07) is -3.94. The minimum Gasteiger partial charge on any atom is -0.480 e. The van der Waals surface area contributed by atoms with E-state index in [2.05, 4.69) is 25.9 Å². The molecule has 0 aliphatic carbocycles. The summed E-state index contributed by atoms with van der Waals surface area (Å²) in [4.78, 5) is 56.2. The van der Waals surface area contributed by atoms with Gasteiger partial charge in [-0.15, -0.1) is 0 Å². The Labute approximate surface area is 187 Å². The van der Waals surface area contributed by atoms with Gasteiger partial charge in [0, 0.05) is 18.3 Å². The first kappa shape index (κ1) is 27.0. The molecule has 9 N–H and O–H groups in total. The number of carboxylic acid groups (broad SMARTS) is 1. The van der Waals surface area contributed by atoms with Crippen LogP contribution >= 0.6 is 0 Å².